The van der Waals surface area contributed by atoms with Gasteiger partial charge in [-0.2, -0.15) is 0 Å². The fourth-order valence-electron chi connectivity index (χ4n) is 1.33. The molecule has 0 aliphatic heterocycles. The average Bonchev–Trinajstić information content (AvgIpc) is 2.36. The van der Waals surface area contributed by atoms with Gasteiger partial charge < -0.3 is 14.9 Å². The molecule has 0 aromatic heterocycles. The number of aromatic hydroxyl groups is 2. The van der Waals surface area contributed by atoms with Gasteiger partial charge in [0.05, 0.1) is 0 Å². The normalized spacial score (nSPS) is 9.88. The molecule has 2 aromatic carbocycles. The molecule has 0 fully saturated rings. The van der Waals surface area contributed by atoms with E-state index in [9.17, 15) is 15.0 Å². The predicted octanol–water partition coefficient (Wildman–Crippen LogP) is 2.70. The highest BCUT2D eigenvalue weighted by atomic mass is 16.5. The molecule has 2 N–H and O–H groups in total. The largest absolute Gasteiger partial charge is 0.504 e. The Morgan fingerprint density at radius 3 is 2.35 bits per heavy atom. The molecule has 86 valence electrons. The van der Waals surface area contributed by atoms with Crippen LogP contribution in [0.5, 0.6) is 23.0 Å². The van der Waals surface area contributed by atoms with Crippen LogP contribution in [-0.2, 0) is 0 Å². The first-order valence-electron chi connectivity index (χ1n) is 4.95. The first-order chi connectivity index (χ1) is 8.20. The number of carbonyl (C=O) groups is 1. The molecule has 0 saturated carbocycles. The minimum atomic E-state index is -0.313. The van der Waals surface area contributed by atoms with E-state index < -0.39 is 0 Å². The van der Waals surface area contributed by atoms with E-state index in [2.05, 4.69) is 0 Å². The maximum absolute atomic E-state index is 10.5. The maximum Gasteiger partial charge on any atom is 0.201 e. The Balaban J connectivity index is 2.25. The molecular weight excluding hydrogens is 220 g/mol. The second-order valence-corrected chi connectivity index (χ2v) is 3.41. The third-order valence-corrected chi connectivity index (χ3v) is 2.22. The fraction of sp³-hybridized carbons (Fsp3) is 0. The number of hydrogen-bond donors (Lipinski definition) is 2. The van der Waals surface area contributed by atoms with Crippen LogP contribution in [0.2, 0.25) is 0 Å². The number of aldehydes is 1. The van der Waals surface area contributed by atoms with E-state index in [1.165, 1.54) is 12.1 Å². The molecule has 0 aliphatic rings. The summed E-state index contributed by atoms with van der Waals surface area (Å²) in [6, 6.07) is 10.9. The topological polar surface area (TPSA) is 66.8 Å². The van der Waals surface area contributed by atoms with E-state index in [4.69, 9.17) is 4.74 Å². The van der Waals surface area contributed by atoms with E-state index >= 15 is 0 Å². The molecule has 0 atom stereocenters. The Labute approximate surface area is 97.7 Å². The van der Waals surface area contributed by atoms with Crippen LogP contribution in [0.25, 0.3) is 0 Å². The lowest BCUT2D eigenvalue weighted by Gasteiger charge is -2.08. The number of phenolic OH excluding ortho intramolecular Hbond substituents is 2. The summed E-state index contributed by atoms with van der Waals surface area (Å²) in [6.07, 6.45) is 0.732. The van der Waals surface area contributed by atoms with Crippen LogP contribution >= 0.6 is 0 Å². The Morgan fingerprint density at radius 1 is 1.00 bits per heavy atom. The van der Waals surface area contributed by atoms with Gasteiger partial charge in [-0.25, -0.2) is 0 Å². The van der Waals surface area contributed by atoms with Gasteiger partial charge in [0.15, 0.2) is 11.5 Å². The monoisotopic (exact) mass is 230 g/mol. The second kappa shape index (κ2) is 4.57. The van der Waals surface area contributed by atoms with Crippen molar-refractivity contribution in [3.05, 3.63) is 48.0 Å². The van der Waals surface area contributed by atoms with Crippen LogP contribution in [0.15, 0.2) is 42.5 Å². The maximum atomic E-state index is 10.5. The molecule has 0 bridgehead atoms. The Bertz CT molecular complexity index is 532. The van der Waals surface area contributed by atoms with Gasteiger partial charge in [-0.15, -0.1) is 0 Å². The standard InChI is InChI=1S/C13H10O4/c14-8-9-4-6-10(7-5-9)17-12-3-1-2-11(15)13(12)16/h1-8,15-16H. The van der Waals surface area contributed by atoms with Crippen LogP contribution < -0.4 is 4.74 Å². The molecule has 0 heterocycles. The zero-order chi connectivity index (χ0) is 12.3. The van der Waals surface area contributed by atoms with Crippen molar-refractivity contribution in [3.63, 3.8) is 0 Å². The summed E-state index contributed by atoms with van der Waals surface area (Å²) in [5.41, 5.74) is 0.539. The van der Waals surface area contributed by atoms with Crippen molar-refractivity contribution in [1.29, 1.82) is 0 Å². The zero-order valence-corrected chi connectivity index (χ0v) is 8.83. The lowest BCUT2D eigenvalue weighted by atomic mass is 10.2. The number of phenols is 2. The predicted molar refractivity (Wildman–Crippen MR) is 61.7 cm³/mol. The molecule has 0 radical (unpaired) electrons. The summed E-state index contributed by atoms with van der Waals surface area (Å²) in [5.74, 6) is 0.0688. The third kappa shape index (κ3) is 2.36. The molecule has 2 aromatic rings. The van der Waals surface area contributed by atoms with E-state index in [0.717, 1.165) is 6.29 Å². The number of hydrogen-bond acceptors (Lipinski definition) is 4. The smallest absolute Gasteiger partial charge is 0.201 e. The second-order valence-electron chi connectivity index (χ2n) is 3.41. The number of carbonyl (C=O) groups excluding carboxylic acids is 1. The summed E-state index contributed by atoms with van der Waals surface area (Å²) in [5, 5.41) is 18.8. The SMILES string of the molecule is O=Cc1ccc(Oc2cccc(O)c2O)cc1. The van der Waals surface area contributed by atoms with Crippen molar-refractivity contribution >= 4 is 6.29 Å². The number of benzene rings is 2. The van der Waals surface area contributed by atoms with Crippen LogP contribution in [-0.4, -0.2) is 16.5 Å². The van der Waals surface area contributed by atoms with Gasteiger partial charge in [-0.1, -0.05) is 6.07 Å². The summed E-state index contributed by atoms with van der Waals surface area (Å²) in [4.78, 5) is 10.5. The van der Waals surface area contributed by atoms with Crippen molar-refractivity contribution in [3.8, 4) is 23.0 Å². The Morgan fingerprint density at radius 2 is 1.71 bits per heavy atom. The first kappa shape index (κ1) is 11.0. The highest BCUT2D eigenvalue weighted by Gasteiger charge is 2.07. The van der Waals surface area contributed by atoms with Gasteiger partial charge >= 0.3 is 0 Å². The molecule has 0 amide bonds. The molecule has 4 nitrogen and oxygen atoms in total. The van der Waals surface area contributed by atoms with Crippen LogP contribution in [0.1, 0.15) is 10.4 Å². The minimum Gasteiger partial charge on any atom is -0.504 e. The van der Waals surface area contributed by atoms with Crippen LogP contribution in [0.4, 0.5) is 0 Å². The van der Waals surface area contributed by atoms with Gasteiger partial charge in [0.1, 0.15) is 12.0 Å². The molecule has 0 aliphatic carbocycles. The zero-order valence-electron chi connectivity index (χ0n) is 8.83. The lowest BCUT2D eigenvalue weighted by Crippen LogP contribution is -1.86. The van der Waals surface area contributed by atoms with Gasteiger partial charge in [-0.05, 0) is 36.4 Å². The van der Waals surface area contributed by atoms with E-state index in [-0.39, 0.29) is 17.2 Å². The summed E-state index contributed by atoms with van der Waals surface area (Å²) in [7, 11) is 0. The van der Waals surface area contributed by atoms with Crippen molar-refractivity contribution < 1.29 is 19.7 Å². The Hall–Kier alpha value is -2.49. The van der Waals surface area contributed by atoms with Gasteiger partial charge in [-0.3, -0.25) is 4.79 Å². The van der Waals surface area contributed by atoms with Crippen molar-refractivity contribution in [2.75, 3.05) is 0 Å². The molecule has 0 saturated heterocycles. The van der Waals surface area contributed by atoms with E-state index in [1.54, 1.807) is 30.3 Å². The van der Waals surface area contributed by atoms with Gasteiger partial charge in [0.2, 0.25) is 5.75 Å². The van der Waals surface area contributed by atoms with Crippen molar-refractivity contribution in [2.45, 2.75) is 0 Å². The molecule has 0 spiro atoms. The van der Waals surface area contributed by atoms with E-state index in [0.29, 0.717) is 11.3 Å². The summed E-state index contributed by atoms with van der Waals surface area (Å²) in [6.45, 7) is 0. The van der Waals surface area contributed by atoms with Gasteiger partial charge in [0, 0.05) is 5.56 Å². The molecular formula is C13H10O4. The molecule has 2 rings (SSSR count). The molecule has 4 heteroatoms. The van der Waals surface area contributed by atoms with E-state index in [1.807, 2.05) is 0 Å². The van der Waals surface area contributed by atoms with Crippen molar-refractivity contribution in [1.82, 2.24) is 0 Å². The fourth-order valence-corrected chi connectivity index (χ4v) is 1.33. The van der Waals surface area contributed by atoms with Crippen molar-refractivity contribution in [2.24, 2.45) is 0 Å². The third-order valence-electron chi connectivity index (χ3n) is 2.22. The minimum absolute atomic E-state index is 0.156. The van der Waals surface area contributed by atoms with Crippen LogP contribution in [0, 0.1) is 0 Å². The number of rotatable bonds is 3. The molecule has 17 heavy (non-hydrogen) atoms. The lowest BCUT2D eigenvalue weighted by molar-refractivity contribution is 0.112. The highest BCUT2D eigenvalue weighted by molar-refractivity contribution is 5.74. The average molecular weight is 230 g/mol. The highest BCUT2D eigenvalue weighted by Crippen LogP contribution is 2.37. The number of ether oxygens (including phenoxy) is 1. The van der Waals surface area contributed by atoms with Crippen LogP contribution in [0.3, 0.4) is 0 Å². The summed E-state index contributed by atoms with van der Waals surface area (Å²) >= 11 is 0. The molecule has 0 unspecified atom stereocenters. The Kier molecular flexibility index (Phi) is 2.96. The first-order valence-corrected chi connectivity index (χ1v) is 4.95. The quantitative estimate of drug-likeness (QED) is 0.628. The van der Waals surface area contributed by atoms with Gasteiger partial charge in [0.25, 0.3) is 0 Å². The summed E-state index contributed by atoms with van der Waals surface area (Å²) < 4.78 is 5.36. The number of para-hydroxylation sites is 1.